The van der Waals surface area contributed by atoms with Crippen LogP contribution in [0.1, 0.15) is 58.6 Å². The van der Waals surface area contributed by atoms with Crippen LogP contribution in [0.15, 0.2) is 30.3 Å². The molecule has 0 bridgehead atoms. The molecule has 1 aliphatic heterocycles. The zero-order valence-electron chi connectivity index (χ0n) is 15.1. The van der Waals surface area contributed by atoms with E-state index in [1.54, 1.807) is 0 Å². The molecule has 0 spiro atoms. The van der Waals surface area contributed by atoms with Crippen LogP contribution >= 0.6 is 0 Å². The van der Waals surface area contributed by atoms with Crippen molar-refractivity contribution in [3.8, 4) is 0 Å². The number of benzene rings is 1. The Labute approximate surface area is 141 Å². The minimum atomic E-state index is -0.00730. The second kappa shape index (κ2) is 7.96. The lowest BCUT2D eigenvalue weighted by molar-refractivity contribution is -0.123. The van der Waals surface area contributed by atoms with Crippen LogP contribution < -0.4 is 10.6 Å². The van der Waals surface area contributed by atoms with E-state index in [2.05, 4.69) is 50.5 Å². The first-order valence-corrected chi connectivity index (χ1v) is 8.93. The standard InChI is InChI=1S/C20H32N2O/c1-15(17-11-8-12-21-14-17)13-18(23)22-19(20(2,3)4)16-9-6-5-7-10-16/h5-7,9-10,15,17,19,21H,8,11-14H2,1-4H3,(H,22,23). The molecule has 1 aliphatic rings. The molecule has 1 saturated heterocycles. The Morgan fingerprint density at radius 3 is 2.57 bits per heavy atom. The molecular formula is C20H32N2O. The summed E-state index contributed by atoms with van der Waals surface area (Å²) >= 11 is 0. The molecule has 1 aromatic carbocycles. The molecule has 0 aliphatic carbocycles. The molecule has 3 heteroatoms. The summed E-state index contributed by atoms with van der Waals surface area (Å²) < 4.78 is 0. The summed E-state index contributed by atoms with van der Waals surface area (Å²) in [5, 5.41) is 6.73. The van der Waals surface area contributed by atoms with Crippen molar-refractivity contribution in [1.29, 1.82) is 0 Å². The molecule has 1 aromatic rings. The van der Waals surface area contributed by atoms with E-state index in [0.717, 1.165) is 13.1 Å². The monoisotopic (exact) mass is 316 g/mol. The predicted molar refractivity (Wildman–Crippen MR) is 96.2 cm³/mol. The number of carbonyl (C=O) groups excluding carboxylic acids is 1. The van der Waals surface area contributed by atoms with Crippen molar-refractivity contribution in [1.82, 2.24) is 10.6 Å². The number of hydrogen-bond donors (Lipinski definition) is 2. The van der Waals surface area contributed by atoms with Gasteiger partial charge in [-0.25, -0.2) is 0 Å². The number of piperidine rings is 1. The quantitative estimate of drug-likeness (QED) is 0.864. The Bertz CT molecular complexity index is 486. The van der Waals surface area contributed by atoms with Crippen LogP contribution in [0.3, 0.4) is 0 Å². The molecule has 128 valence electrons. The van der Waals surface area contributed by atoms with Gasteiger partial charge < -0.3 is 10.6 Å². The van der Waals surface area contributed by atoms with Gasteiger partial charge in [0, 0.05) is 6.42 Å². The lowest BCUT2D eigenvalue weighted by atomic mass is 9.81. The van der Waals surface area contributed by atoms with Gasteiger partial charge >= 0.3 is 0 Å². The fourth-order valence-corrected chi connectivity index (χ4v) is 3.49. The van der Waals surface area contributed by atoms with E-state index in [-0.39, 0.29) is 17.4 Å². The largest absolute Gasteiger partial charge is 0.349 e. The maximum Gasteiger partial charge on any atom is 0.220 e. The van der Waals surface area contributed by atoms with Crippen LogP contribution in [-0.4, -0.2) is 19.0 Å². The van der Waals surface area contributed by atoms with Crippen molar-refractivity contribution in [2.24, 2.45) is 17.3 Å². The van der Waals surface area contributed by atoms with Crippen LogP contribution in [0.5, 0.6) is 0 Å². The first-order chi connectivity index (χ1) is 10.9. The van der Waals surface area contributed by atoms with Crippen LogP contribution in [-0.2, 0) is 4.79 Å². The second-order valence-electron chi connectivity index (χ2n) is 8.07. The zero-order chi connectivity index (χ0) is 16.9. The van der Waals surface area contributed by atoms with Crippen molar-refractivity contribution in [2.45, 2.75) is 53.0 Å². The van der Waals surface area contributed by atoms with Crippen molar-refractivity contribution < 1.29 is 4.79 Å². The van der Waals surface area contributed by atoms with Crippen molar-refractivity contribution >= 4 is 5.91 Å². The summed E-state index contributed by atoms with van der Waals surface area (Å²) in [6.45, 7) is 10.9. The molecule has 1 heterocycles. The SMILES string of the molecule is CC(CC(=O)NC(c1ccccc1)C(C)(C)C)C1CCCNC1. The summed E-state index contributed by atoms with van der Waals surface area (Å²) in [4.78, 5) is 12.6. The normalized spacial score (nSPS) is 21.5. The molecule has 3 nitrogen and oxygen atoms in total. The first kappa shape index (κ1) is 18.0. The minimum Gasteiger partial charge on any atom is -0.349 e. The maximum absolute atomic E-state index is 12.6. The van der Waals surface area contributed by atoms with Gasteiger partial charge in [-0.3, -0.25) is 4.79 Å². The summed E-state index contributed by atoms with van der Waals surface area (Å²) in [7, 11) is 0. The lowest BCUT2D eigenvalue weighted by Crippen LogP contribution is -2.39. The Kier molecular flexibility index (Phi) is 6.23. The highest BCUT2D eigenvalue weighted by Gasteiger charge is 2.29. The predicted octanol–water partition coefficient (Wildman–Crippen LogP) is 3.92. The van der Waals surface area contributed by atoms with Gasteiger partial charge in [0.05, 0.1) is 6.04 Å². The zero-order valence-corrected chi connectivity index (χ0v) is 15.1. The van der Waals surface area contributed by atoms with Gasteiger partial charge in [0.25, 0.3) is 0 Å². The molecule has 0 saturated carbocycles. The molecule has 23 heavy (non-hydrogen) atoms. The van der Waals surface area contributed by atoms with E-state index in [1.165, 1.54) is 18.4 Å². The fraction of sp³-hybridized carbons (Fsp3) is 0.650. The van der Waals surface area contributed by atoms with Crippen LogP contribution in [0.2, 0.25) is 0 Å². The van der Waals surface area contributed by atoms with E-state index in [9.17, 15) is 4.79 Å². The Hall–Kier alpha value is -1.35. The van der Waals surface area contributed by atoms with Gasteiger partial charge in [-0.05, 0) is 48.7 Å². The van der Waals surface area contributed by atoms with Crippen molar-refractivity contribution in [3.63, 3.8) is 0 Å². The van der Waals surface area contributed by atoms with E-state index in [0.29, 0.717) is 18.3 Å². The van der Waals surface area contributed by atoms with Crippen LogP contribution in [0, 0.1) is 17.3 Å². The maximum atomic E-state index is 12.6. The summed E-state index contributed by atoms with van der Waals surface area (Å²) in [6, 6.07) is 10.3. The van der Waals surface area contributed by atoms with E-state index in [1.807, 2.05) is 18.2 Å². The molecule has 0 aromatic heterocycles. The van der Waals surface area contributed by atoms with E-state index >= 15 is 0 Å². The van der Waals surface area contributed by atoms with Crippen LogP contribution in [0.4, 0.5) is 0 Å². The molecular weight excluding hydrogens is 284 g/mol. The number of nitrogens with one attached hydrogen (secondary N) is 2. The molecule has 3 atom stereocenters. The topological polar surface area (TPSA) is 41.1 Å². The Balaban J connectivity index is 1.97. The molecule has 2 N–H and O–H groups in total. The smallest absolute Gasteiger partial charge is 0.220 e. The van der Waals surface area contributed by atoms with Gasteiger partial charge in [-0.15, -0.1) is 0 Å². The first-order valence-electron chi connectivity index (χ1n) is 8.93. The van der Waals surface area contributed by atoms with Crippen LogP contribution in [0.25, 0.3) is 0 Å². The molecule has 1 fully saturated rings. The highest BCUT2D eigenvalue weighted by atomic mass is 16.1. The number of carbonyl (C=O) groups is 1. The average Bonchev–Trinajstić information content (AvgIpc) is 2.53. The van der Waals surface area contributed by atoms with Gasteiger partial charge in [0.2, 0.25) is 5.91 Å². The van der Waals surface area contributed by atoms with Crippen molar-refractivity contribution in [2.75, 3.05) is 13.1 Å². The Morgan fingerprint density at radius 2 is 2.00 bits per heavy atom. The van der Waals surface area contributed by atoms with E-state index in [4.69, 9.17) is 0 Å². The number of amides is 1. The fourth-order valence-electron chi connectivity index (χ4n) is 3.49. The summed E-state index contributed by atoms with van der Waals surface area (Å²) in [5.41, 5.74) is 1.17. The minimum absolute atomic E-state index is 0.00730. The van der Waals surface area contributed by atoms with Gasteiger partial charge in [0.15, 0.2) is 0 Å². The third-order valence-electron chi connectivity index (χ3n) is 4.95. The van der Waals surface area contributed by atoms with Gasteiger partial charge in [-0.1, -0.05) is 58.0 Å². The summed E-state index contributed by atoms with van der Waals surface area (Å²) in [6.07, 6.45) is 3.08. The van der Waals surface area contributed by atoms with Crippen molar-refractivity contribution in [3.05, 3.63) is 35.9 Å². The lowest BCUT2D eigenvalue weighted by Gasteiger charge is -2.33. The molecule has 3 unspecified atom stereocenters. The third-order valence-corrected chi connectivity index (χ3v) is 4.95. The molecule has 1 amide bonds. The summed E-state index contributed by atoms with van der Waals surface area (Å²) in [5.74, 6) is 1.23. The third kappa shape index (κ3) is 5.35. The highest BCUT2D eigenvalue weighted by molar-refractivity contribution is 5.76. The second-order valence-corrected chi connectivity index (χ2v) is 8.07. The molecule has 2 rings (SSSR count). The highest BCUT2D eigenvalue weighted by Crippen LogP contribution is 2.33. The Morgan fingerprint density at radius 1 is 1.30 bits per heavy atom. The van der Waals surface area contributed by atoms with Gasteiger partial charge in [0.1, 0.15) is 0 Å². The number of hydrogen-bond acceptors (Lipinski definition) is 2. The number of rotatable bonds is 5. The average molecular weight is 316 g/mol. The van der Waals surface area contributed by atoms with E-state index < -0.39 is 0 Å². The molecule has 0 radical (unpaired) electrons. The van der Waals surface area contributed by atoms with Gasteiger partial charge in [-0.2, -0.15) is 0 Å².